The van der Waals surface area contributed by atoms with E-state index in [0.717, 1.165) is 11.5 Å². The molecule has 0 aliphatic carbocycles. The predicted molar refractivity (Wildman–Crippen MR) is 146 cm³/mol. The molecule has 4 rings (SSSR count). The number of aromatic nitrogens is 6. The minimum absolute atomic E-state index is 0.0306. The van der Waals surface area contributed by atoms with Crippen molar-refractivity contribution in [2.24, 2.45) is 16.3 Å². The molecule has 2 aliphatic rings. The average molecular weight is 630 g/mol. The maximum absolute atomic E-state index is 13.1. The van der Waals surface area contributed by atoms with E-state index in [1.165, 1.54) is 42.3 Å². The van der Waals surface area contributed by atoms with Gasteiger partial charge in [-0.05, 0) is 37.2 Å². The molecule has 2 aromatic heterocycles. The summed E-state index contributed by atoms with van der Waals surface area (Å²) >= 11 is 3.18. The van der Waals surface area contributed by atoms with Crippen LogP contribution in [-0.2, 0) is 30.6 Å². The van der Waals surface area contributed by atoms with E-state index in [1.54, 1.807) is 4.68 Å². The van der Waals surface area contributed by atoms with E-state index in [9.17, 15) is 29.4 Å². The van der Waals surface area contributed by atoms with Crippen molar-refractivity contribution in [3.63, 3.8) is 0 Å². The molecule has 3 atom stereocenters. The standard InChI is InChI=1S/C20H27N11O7S3/c1-19(2,15(34)35)38-26-9(11-24-17(22)41-27-11)12(32)23-10-13(33)30-6-20(16(36)37,7-39-14(10)30)8-40-18-25-28-29-31(18)5-3-4-21/h10,14H,3-8,21H2,1-2H3,(H,23,32)(H,34,35)(H,36,37)(H2,22,24,27)/t10?,14-,20?/m1/s1. The first-order valence-corrected chi connectivity index (χ1v) is 14.8. The minimum atomic E-state index is -1.78. The maximum Gasteiger partial charge on any atom is 0.350 e. The number of rotatable bonds is 13. The molecular formula is C20H27N11O7S3. The molecule has 0 saturated carbocycles. The quantitative estimate of drug-likeness (QED) is 0.0715. The van der Waals surface area contributed by atoms with Crippen LogP contribution in [0.5, 0.6) is 0 Å². The normalized spacial score (nSPS) is 22.6. The number of hydrogen-bond donors (Lipinski definition) is 5. The molecule has 222 valence electrons. The Bertz CT molecular complexity index is 1370. The van der Waals surface area contributed by atoms with E-state index in [-0.39, 0.29) is 29.0 Å². The molecule has 0 spiro atoms. The summed E-state index contributed by atoms with van der Waals surface area (Å²) in [4.78, 5) is 60.4. The van der Waals surface area contributed by atoms with Crippen molar-refractivity contribution in [3.05, 3.63) is 5.82 Å². The van der Waals surface area contributed by atoms with Crippen LogP contribution >= 0.6 is 35.1 Å². The number of carboxylic acid groups (broad SMARTS) is 2. The van der Waals surface area contributed by atoms with Crippen molar-refractivity contribution in [2.75, 3.05) is 30.3 Å². The van der Waals surface area contributed by atoms with Crippen LogP contribution in [-0.4, -0.2) is 116 Å². The summed E-state index contributed by atoms with van der Waals surface area (Å²) < 4.78 is 5.49. The van der Waals surface area contributed by atoms with Gasteiger partial charge in [0.05, 0.1) is 0 Å². The van der Waals surface area contributed by atoms with Gasteiger partial charge < -0.3 is 36.7 Å². The lowest BCUT2D eigenvalue weighted by molar-refractivity contribution is -0.161. The Morgan fingerprint density at radius 3 is 2.73 bits per heavy atom. The molecule has 2 fully saturated rings. The monoisotopic (exact) mass is 629 g/mol. The zero-order valence-electron chi connectivity index (χ0n) is 21.8. The summed E-state index contributed by atoms with van der Waals surface area (Å²) in [6, 6.07) is -0.996. The van der Waals surface area contributed by atoms with Crippen LogP contribution in [0.1, 0.15) is 26.1 Å². The number of oxime groups is 1. The SMILES string of the molecule is CC(C)(ON=C(C(=O)NC1C(=O)N2CC(CSc3nnnn3CCCN)(C(=O)O)CS[C@H]12)c1nsc(N)n1)C(=O)O. The number of carbonyl (C=O) groups excluding carboxylic acids is 2. The lowest BCUT2D eigenvalue weighted by Crippen LogP contribution is -2.74. The van der Waals surface area contributed by atoms with E-state index in [0.29, 0.717) is 24.7 Å². The number of β-lactam (4-membered cyclic amide) rings is 1. The lowest BCUT2D eigenvalue weighted by Gasteiger charge is -2.53. The second-order valence-electron chi connectivity index (χ2n) is 9.62. The number of nitrogens with two attached hydrogens (primary N) is 2. The minimum Gasteiger partial charge on any atom is -0.481 e. The Hall–Kier alpha value is -3.56. The second kappa shape index (κ2) is 12.1. The molecule has 2 amide bonds. The van der Waals surface area contributed by atoms with Crippen molar-refractivity contribution < 1.29 is 34.2 Å². The second-order valence-corrected chi connectivity index (χ2v) is 12.5. The van der Waals surface area contributed by atoms with Gasteiger partial charge in [0.1, 0.15) is 16.8 Å². The molecule has 2 aromatic rings. The number of carbonyl (C=O) groups is 4. The number of carboxylic acids is 2. The highest BCUT2D eigenvalue weighted by Crippen LogP contribution is 2.44. The molecule has 0 bridgehead atoms. The van der Waals surface area contributed by atoms with Gasteiger partial charge in [-0.1, -0.05) is 16.9 Å². The van der Waals surface area contributed by atoms with Crippen LogP contribution in [0.4, 0.5) is 5.13 Å². The van der Waals surface area contributed by atoms with Gasteiger partial charge in [0, 0.05) is 36.1 Å². The number of aliphatic carboxylic acids is 2. The highest BCUT2D eigenvalue weighted by atomic mass is 32.2. The summed E-state index contributed by atoms with van der Waals surface area (Å²) in [5.74, 6) is -3.73. The number of nitrogens with zero attached hydrogens (tertiary/aromatic N) is 8. The van der Waals surface area contributed by atoms with Gasteiger partial charge in [0.25, 0.3) is 5.91 Å². The van der Waals surface area contributed by atoms with Crippen molar-refractivity contribution in [2.45, 2.75) is 49.0 Å². The third kappa shape index (κ3) is 6.36. The van der Waals surface area contributed by atoms with Crippen molar-refractivity contribution in [1.82, 2.24) is 39.8 Å². The van der Waals surface area contributed by atoms with Crippen LogP contribution in [0.25, 0.3) is 0 Å². The van der Waals surface area contributed by atoms with Gasteiger partial charge in [-0.15, -0.1) is 16.9 Å². The van der Waals surface area contributed by atoms with Crippen LogP contribution in [0, 0.1) is 5.41 Å². The fourth-order valence-corrected chi connectivity index (χ4v) is 6.91. The van der Waals surface area contributed by atoms with E-state index >= 15 is 0 Å². The van der Waals surface area contributed by atoms with Gasteiger partial charge in [0.15, 0.2) is 5.13 Å². The van der Waals surface area contributed by atoms with Gasteiger partial charge in [-0.25, -0.2) is 9.48 Å². The summed E-state index contributed by atoms with van der Waals surface area (Å²) in [7, 11) is 0. The lowest BCUT2D eigenvalue weighted by atomic mass is 9.89. The first-order valence-electron chi connectivity index (χ1n) is 12.0. The topological polar surface area (TPSA) is 267 Å². The predicted octanol–water partition coefficient (Wildman–Crippen LogP) is -1.70. The number of nitrogen functional groups attached to an aromatic ring is 1. The molecule has 2 saturated heterocycles. The Kier molecular flexibility index (Phi) is 8.99. The zero-order chi connectivity index (χ0) is 29.9. The third-order valence-corrected chi connectivity index (χ3v) is 9.56. The van der Waals surface area contributed by atoms with Crippen molar-refractivity contribution >= 4 is 69.7 Å². The van der Waals surface area contributed by atoms with Gasteiger partial charge in [-0.2, -0.15) is 9.36 Å². The van der Waals surface area contributed by atoms with E-state index in [2.05, 4.69) is 35.4 Å². The van der Waals surface area contributed by atoms with E-state index in [4.69, 9.17) is 16.3 Å². The number of hydrogen-bond acceptors (Lipinski definition) is 16. The van der Waals surface area contributed by atoms with Crippen LogP contribution in [0.3, 0.4) is 0 Å². The molecule has 18 nitrogen and oxygen atoms in total. The van der Waals surface area contributed by atoms with Gasteiger partial charge >= 0.3 is 11.9 Å². The number of nitrogens with one attached hydrogen (secondary N) is 1. The first kappa shape index (κ1) is 30.4. The molecule has 0 radical (unpaired) electrons. The summed E-state index contributed by atoms with van der Waals surface area (Å²) in [5, 5.41) is 37.1. The molecular weight excluding hydrogens is 602 g/mol. The summed E-state index contributed by atoms with van der Waals surface area (Å²) in [6.45, 7) is 3.32. The Balaban J connectivity index is 1.44. The Labute approximate surface area is 244 Å². The van der Waals surface area contributed by atoms with Crippen molar-refractivity contribution in [3.8, 4) is 0 Å². The van der Waals surface area contributed by atoms with Crippen molar-refractivity contribution in [1.29, 1.82) is 0 Å². The van der Waals surface area contributed by atoms with Crippen LogP contribution in [0.2, 0.25) is 0 Å². The first-order chi connectivity index (χ1) is 19.4. The van der Waals surface area contributed by atoms with Gasteiger partial charge in [-0.3, -0.25) is 14.4 Å². The zero-order valence-corrected chi connectivity index (χ0v) is 24.2. The molecule has 2 unspecified atom stereocenters. The molecule has 2 aliphatic heterocycles. The van der Waals surface area contributed by atoms with E-state index < -0.39 is 51.9 Å². The highest BCUT2D eigenvalue weighted by Gasteiger charge is 2.57. The van der Waals surface area contributed by atoms with Crippen LogP contribution in [0.15, 0.2) is 10.3 Å². The average Bonchev–Trinajstić information content (AvgIpc) is 3.57. The van der Waals surface area contributed by atoms with E-state index in [1.807, 2.05) is 0 Å². The molecule has 0 aromatic carbocycles. The maximum atomic E-state index is 13.1. The number of fused-ring (bicyclic) bond motifs is 1. The number of aryl methyl sites for hydroxylation is 1. The largest absolute Gasteiger partial charge is 0.481 e. The number of anilines is 1. The Morgan fingerprint density at radius 2 is 2.10 bits per heavy atom. The number of tetrazole rings is 1. The number of thioether (sulfide) groups is 2. The fourth-order valence-electron chi connectivity index (χ4n) is 3.71. The van der Waals surface area contributed by atoms with Crippen LogP contribution < -0.4 is 16.8 Å². The summed E-state index contributed by atoms with van der Waals surface area (Å²) in [5.41, 5.74) is 7.64. The fraction of sp³-hybridized carbons (Fsp3) is 0.600. The molecule has 4 heterocycles. The third-order valence-electron chi connectivity index (χ3n) is 6.18. The van der Waals surface area contributed by atoms with Gasteiger partial charge in [0.2, 0.25) is 28.2 Å². The highest BCUT2D eigenvalue weighted by molar-refractivity contribution is 8.00. The summed E-state index contributed by atoms with van der Waals surface area (Å²) in [6.07, 6.45) is 0.650. The molecule has 41 heavy (non-hydrogen) atoms. The molecule has 7 N–H and O–H groups in total. The Morgan fingerprint density at radius 1 is 1.34 bits per heavy atom. The number of amides is 2. The molecule has 21 heteroatoms. The smallest absolute Gasteiger partial charge is 0.350 e.